The van der Waals surface area contributed by atoms with E-state index in [1.54, 1.807) is 49.6 Å². The maximum atomic E-state index is 13.1. The van der Waals surface area contributed by atoms with Crippen LogP contribution in [0.15, 0.2) is 59.2 Å². The number of ether oxygens (including phenoxy) is 2. The molecule has 2 heterocycles. The number of fused-ring (bicyclic) bond motifs is 1. The zero-order valence-electron chi connectivity index (χ0n) is 18.6. The van der Waals surface area contributed by atoms with Gasteiger partial charge in [0.2, 0.25) is 11.7 Å². The molecule has 1 unspecified atom stereocenters. The van der Waals surface area contributed by atoms with Crippen LogP contribution < -0.4 is 19.7 Å². The first kappa shape index (κ1) is 22.1. The number of methoxy groups -OCH3 is 1. The van der Waals surface area contributed by atoms with Crippen molar-refractivity contribution in [3.8, 4) is 11.5 Å². The second-order valence-electron chi connectivity index (χ2n) is 7.66. The van der Waals surface area contributed by atoms with E-state index in [9.17, 15) is 14.4 Å². The standard InChI is InChI=1S/C25H24N2O6/c1-4-20-25(30)27(14-23(28)26-18-13-17(31-3)9-7-15(18)2)19-12-16(8-10-21(19)33-20)24(29)22-6-5-11-32-22/h5-13,20H,4,14H2,1-3H3,(H,26,28). The number of rotatable bonds is 7. The maximum Gasteiger partial charge on any atom is 0.268 e. The minimum absolute atomic E-state index is 0.183. The van der Waals surface area contributed by atoms with Gasteiger partial charge >= 0.3 is 0 Å². The van der Waals surface area contributed by atoms with Crippen molar-refractivity contribution in [1.82, 2.24) is 0 Å². The van der Waals surface area contributed by atoms with Gasteiger partial charge in [-0.25, -0.2) is 0 Å². The molecule has 0 aliphatic carbocycles. The Hall–Kier alpha value is -4.07. The average molecular weight is 448 g/mol. The molecule has 0 saturated carbocycles. The predicted molar refractivity (Wildman–Crippen MR) is 122 cm³/mol. The fourth-order valence-electron chi connectivity index (χ4n) is 3.63. The SMILES string of the molecule is CCC1Oc2ccc(C(=O)c3ccco3)cc2N(CC(=O)Nc2cc(OC)ccc2C)C1=O. The van der Waals surface area contributed by atoms with Gasteiger partial charge in [-0.15, -0.1) is 0 Å². The first-order chi connectivity index (χ1) is 15.9. The number of carbonyl (C=O) groups excluding carboxylic acids is 3. The molecule has 33 heavy (non-hydrogen) atoms. The molecule has 8 heteroatoms. The van der Waals surface area contributed by atoms with E-state index in [2.05, 4.69) is 5.32 Å². The van der Waals surface area contributed by atoms with Gasteiger partial charge in [-0.1, -0.05) is 13.0 Å². The Morgan fingerprint density at radius 1 is 1.15 bits per heavy atom. The molecular formula is C25H24N2O6. The first-order valence-corrected chi connectivity index (χ1v) is 10.6. The van der Waals surface area contributed by atoms with Gasteiger partial charge in [0.1, 0.15) is 18.0 Å². The zero-order valence-corrected chi connectivity index (χ0v) is 18.6. The first-order valence-electron chi connectivity index (χ1n) is 10.6. The number of ketones is 1. The van der Waals surface area contributed by atoms with Gasteiger partial charge in [0, 0.05) is 17.3 Å². The molecule has 0 spiro atoms. The number of aryl methyl sites for hydroxylation is 1. The van der Waals surface area contributed by atoms with Gasteiger partial charge in [-0.2, -0.15) is 0 Å². The molecule has 1 atom stereocenters. The molecule has 0 bridgehead atoms. The summed E-state index contributed by atoms with van der Waals surface area (Å²) in [6.07, 6.45) is 1.15. The Labute approximate surface area is 191 Å². The topological polar surface area (TPSA) is 98.1 Å². The third-order valence-corrected chi connectivity index (χ3v) is 5.46. The molecule has 8 nitrogen and oxygen atoms in total. The number of nitrogens with zero attached hydrogens (tertiary/aromatic N) is 1. The van der Waals surface area contributed by atoms with E-state index in [4.69, 9.17) is 13.9 Å². The van der Waals surface area contributed by atoms with Gasteiger partial charge < -0.3 is 19.2 Å². The fourth-order valence-corrected chi connectivity index (χ4v) is 3.63. The molecule has 0 fully saturated rings. The number of hydrogen-bond donors (Lipinski definition) is 1. The van der Waals surface area contributed by atoms with E-state index in [0.29, 0.717) is 34.9 Å². The second kappa shape index (κ2) is 9.20. The van der Waals surface area contributed by atoms with Crippen molar-refractivity contribution < 1.29 is 28.3 Å². The van der Waals surface area contributed by atoms with Crippen LogP contribution in [0, 0.1) is 6.92 Å². The minimum atomic E-state index is -0.713. The lowest BCUT2D eigenvalue weighted by Gasteiger charge is -2.34. The van der Waals surface area contributed by atoms with E-state index in [0.717, 1.165) is 5.56 Å². The van der Waals surface area contributed by atoms with Gasteiger partial charge in [0.05, 0.1) is 19.1 Å². The van der Waals surface area contributed by atoms with Crippen LogP contribution >= 0.6 is 0 Å². The van der Waals surface area contributed by atoms with Crippen LogP contribution in [0.1, 0.15) is 35.0 Å². The van der Waals surface area contributed by atoms with Gasteiger partial charge in [0.15, 0.2) is 11.9 Å². The smallest absolute Gasteiger partial charge is 0.268 e. The number of furan rings is 1. The second-order valence-corrected chi connectivity index (χ2v) is 7.66. The van der Waals surface area contributed by atoms with Crippen LogP contribution in [-0.4, -0.2) is 37.4 Å². The third-order valence-electron chi connectivity index (χ3n) is 5.46. The lowest BCUT2D eigenvalue weighted by atomic mass is 10.0. The third kappa shape index (κ3) is 4.45. The van der Waals surface area contributed by atoms with Crippen molar-refractivity contribution in [2.75, 3.05) is 23.9 Å². The number of anilines is 2. The molecule has 170 valence electrons. The Morgan fingerprint density at radius 3 is 2.67 bits per heavy atom. The molecule has 2 aromatic carbocycles. The van der Waals surface area contributed by atoms with Crippen LogP contribution in [0.5, 0.6) is 11.5 Å². The van der Waals surface area contributed by atoms with Crippen molar-refractivity contribution in [3.05, 3.63) is 71.7 Å². The summed E-state index contributed by atoms with van der Waals surface area (Å²) in [5.41, 5.74) is 2.13. The van der Waals surface area contributed by atoms with Crippen LogP contribution in [0.3, 0.4) is 0 Å². The average Bonchev–Trinajstić information content (AvgIpc) is 3.36. The normalized spacial score (nSPS) is 14.9. The molecule has 2 amide bonds. The predicted octanol–water partition coefficient (Wildman–Crippen LogP) is 3.97. The van der Waals surface area contributed by atoms with Crippen LogP contribution in [-0.2, 0) is 9.59 Å². The highest BCUT2D eigenvalue weighted by Gasteiger charge is 2.35. The molecule has 0 radical (unpaired) electrons. The number of amides is 2. The molecule has 0 saturated heterocycles. The Morgan fingerprint density at radius 2 is 1.97 bits per heavy atom. The molecular weight excluding hydrogens is 424 g/mol. The molecule has 3 aromatic rings. The van der Waals surface area contributed by atoms with Crippen molar-refractivity contribution in [2.24, 2.45) is 0 Å². The van der Waals surface area contributed by atoms with E-state index < -0.39 is 6.10 Å². The van der Waals surface area contributed by atoms with Gasteiger partial charge in [0.25, 0.3) is 5.91 Å². The van der Waals surface area contributed by atoms with Crippen molar-refractivity contribution in [1.29, 1.82) is 0 Å². The summed E-state index contributed by atoms with van der Waals surface area (Å²) in [6.45, 7) is 3.46. The summed E-state index contributed by atoms with van der Waals surface area (Å²) >= 11 is 0. The van der Waals surface area contributed by atoms with E-state index >= 15 is 0 Å². The summed E-state index contributed by atoms with van der Waals surface area (Å²) in [7, 11) is 1.55. The lowest BCUT2D eigenvalue weighted by Crippen LogP contribution is -2.48. The van der Waals surface area contributed by atoms with Crippen LogP contribution in [0.2, 0.25) is 0 Å². The number of benzene rings is 2. The van der Waals surface area contributed by atoms with Gasteiger partial charge in [-0.05, 0) is 55.3 Å². The van der Waals surface area contributed by atoms with Crippen LogP contribution in [0.25, 0.3) is 0 Å². The summed E-state index contributed by atoms with van der Waals surface area (Å²) < 4.78 is 16.3. The highest BCUT2D eigenvalue weighted by atomic mass is 16.5. The summed E-state index contributed by atoms with van der Waals surface area (Å²) in [6, 6.07) is 13.4. The van der Waals surface area contributed by atoms with E-state index in [1.165, 1.54) is 11.2 Å². The van der Waals surface area contributed by atoms with Crippen molar-refractivity contribution in [3.63, 3.8) is 0 Å². The quantitative estimate of drug-likeness (QED) is 0.549. The highest BCUT2D eigenvalue weighted by molar-refractivity contribution is 6.10. The zero-order chi connectivity index (χ0) is 23.5. The Bertz CT molecular complexity index is 1200. The number of hydrogen-bond acceptors (Lipinski definition) is 6. The van der Waals surface area contributed by atoms with Crippen molar-refractivity contribution >= 4 is 29.0 Å². The number of carbonyl (C=O) groups is 3. The van der Waals surface area contributed by atoms with Gasteiger partial charge in [-0.3, -0.25) is 19.3 Å². The Kier molecular flexibility index (Phi) is 6.17. The van der Waals surface area contributed by atoms with E-state index in [1.807, 2.05) is 19.9 Å². The summed E-state index contributed by atoms with van der Waals surface area (Å²) in [5.74, 6) is 0.167. The van der Waals surface area contributed by atoms with Crippen LogP contribution in [0.4, 0.5) is 11.4 Å². The summed E-state index contributed by atoms with van der Waals surface area (Å²) in [4.78, 5) is 40.1. The molecule has 1 N–H and O–H groups in total. The van der Waals surface area contributed by atoms with Crippen molar-refractivity contribution in [2.45, 2.75) is 26.4 Å². The summed E-state index contributed by atoms with van der Waals surface area (Å²) in [5, 5.41) is 2.84. The largest absolute Gasteiger partial charge is 0.497 e. The molecule has 1 aliphatic rings. The number of nitrogens with one attached hydrogen (secondary N) is 1. The van der Waals surface area contributed by atoms with E-state index in [-0.39, 0.29) is 29.9 Å². The minimum Gasteiger partial charge on any atom is -0.497 e. The molecule has 4 rings (SSSR count). The molecule has 1 aromatic heterocycles. The monoisotopic (exact) mass is 448 g/mol. The highest BCUT2D eigenvalue weighted by Crippen LogP contribution is 2.36. The molecule has 1 aliphatic heterocycles. The Balaban J connectivity index is 1.63. The maximum absolute atomic E-state index is 13.1. The fraction of sp³-hybridized carbons (Fsp3) is 0.240. The lowest BCUT2D eigenvalue weighted by molar-refractivity contribution is -0.128.